The number of phenolic OH excluding ortho intramolecular Hbond substituents is 1. The van der Waals surface area contributed by atoms with E-state index in [1.54, 1.807) is 0 Å². The van der Waals surface area contributed by atoms with Gasteiger partial charge in [0.25, 0.3) is 0 Å². The summed E-state index contributed by atoms with van der Waals surface area (Å²) in [5.41, 5.74) is 14.4. The maximum atomic E-state index is 10.7. The monoisotopic (exact) mass is 345 g/mol. The van der Waals surface area contributed by atoms with Crippen LogP contribution in [0.4, 0.5) is 0 Å². The molecule has 0 radical (unpaired) electrons. The molecule has 10 heteroatoms. The van der Waals surface area contributed by atoms with E-state index in [0.717, 1.165) is 27.5 Å². The molecule has 2 nitrogen and oxygen atoms in total. The molecule has 0 unspecified atom stereocenters. The summed E-state index contributed by atoms with van der Waals surface area (Å²) in [6, 6.07) is 0. The van der Waals surface area contributed by atoms with Crippen molar-refractivity contribution in [2.75, 3.05) is 0 Å². The third-order valence-electron chi connectivity index (χ3n) is 6.84. The van der Waals surface area contributed by atoms with Crippen LogP contribution in [-0.2, 0) is 0 Å². The number of hydrogen-bond donors (Lipinski definition) is 1. The average Bonchev–Trinajstić information content (AvgIpc) is 2.93. The Balaban J connectivity index is 2.69. The van der Waals surface area contributed by atoms with Crippen molar-refractivity contribution in [1.29, 1.82) is 0 Å². The van der Waals surface area contributed by atoms with Crippen molar-refractivity contribution in [3.8, 4) is 11.4 Å². The Hall–Kier alpha value is -1.96. The molecule has 3 aromatic rings. The van der Waals surface area contributed by atoms with E-state index >= 15 is 0 Å². The van der Waals surface area contributed by atoms with Crippen LogP contribution < -0.4 is 43.7 Å². The predicted octanol–water partition coefficient (Wildman–Crippen LogP) is -9.65. The van der Waals surface area contributed by atoms with Crippen LogP contribution in [-0.4, -0.2) is 72.4 Å². The van der Waals surface area contributed by atoms with Gasteiger partial charge in [-0.15, -0.1) is 5.46 Å². The molecule has 0 aliphatic carbocycles. The molecule has 0 amide bonds. The lowest BCUT2D eigenvalue weighted by Crippen LogP contribution is -2.56. The molecule has 2 aromatic carbocycles. The van der Waals surface area contributed by atoms with E-state index in [9.17, 15) is 5.11 Å². The third kappa shape index (κ3) is 2.52. The fourth-order valence-electron chi connectivity index (χ4n) is 4.57. The number of nitrogens with zero attached hydrogens (tertiary/aromatic N) is 1. The number of phenols is 1. The summed E-state index contributed by atoms with van der Waals surface area (Å²) >= 11 is 0. The van der Waals surface area contributed by atoms with Crippen molar-refractivity contribution in [2.24, 2.45) is 0 Å². The number of fused-ring (bicyclic) bond motifs is 1. The maximum Gasteiger partial charge on any atom is 0.145 e. The van der Waals surface area contributed by atoms with Gasteiger partial charge >= 0.3 is 0 Å². The summed E-state index contributed by atoms with van der Waals surface area (Å²) < 4.78 is 2.37. The van der Waals surface area contributed by atoms with Crippen LogP contribution in [0.5, 0.6) is 5.75 Å². The summed E-state index contributed by atoms with van der Waals surface area (Å²) in [5.74, 6) is 0.403. The molecule has 1 aromatic heterocycles. The molecule has 126 valence electrons. The van der Waals surface area contributed by atoms with E-state index in [-0.39, 0.29) is 0 Å². The zero-order chi connectivity index (χ0) is 20.4. The summed E-state index contributed by atoms with van der Waals surface area (Å²) in [5, 5.41) is 11.8. The number of hydrogen-bond acceptors (Lipinski definition) is 1. The lowest BCUT2D eigenvalue weighted by Gasteiger charge is -2.24. The fourth-order valence-corrected chi connectivity index (χ4v) is 4.57. The first-order valence-electron chi connectivity index (χ1n) is 9.59. The van der Waals surface area contributed by atoms with Crippen molar-refractivity contribution in [2.45, 2.75) is 6.92 Å². The molecule has 1 heterocycles. The van der Waals surface area contributed by atoms with Gasteiger partial charge in [0, 0.05) is 22.3 Å². The number of aromatic nitrogens is 1. The minimum Gasteiger partial charge on any atom is -0.509 e. The number of benzene rings is 2. The van der Waals surface area contributed by atoms with E-state index in [0.29, 0.717) is 5.75 Å². The van der Waals surface area contributed by atoms with E-state index < -0.39 is 0 Å². The second-order valence-electron chi connectivity index (χ2n) is 7.97. The maximum absolute atomic E-state index is 10.7. The van der Waals surface area contributed by atoms with E-state index in [2.05, 4.69) is 65.1 Å². The Labute approximate surface area is 169 Å². The second kappa shape index (κ2) is 6.58. The van der Waals surface area contributed by atoms with Crippen molar-refractivity contribution >= 4 is 123 Å². The molecule has 0 bridgehead atoms. The molecule has 0 atom stereocenters. The number of aromatic hydroxyl groups is 1. The average molecular weight is 344 g/mol. The van der Waals surface area contributed by atoms with Gasteiger partial charge < -0.3 is 9.67 Å². The third-order valence-corrected chi connectivity index (χ3v) is 6.84. The minimum absolute atomic E-state index is 0.403. The zero-order valence-corrected chi connectivity index (χ0v) is 18.2. The van der Waals surface area contributed by atoms with Gasteiger partial charge in [0.05, 0.1) is 0 Å². The fraction of sp³-hybridized carbons (Fsp3) is 0.0588. The van der Waals surface area contributed by atoms with Gasteiger partial charge in [-0.1, -0.05) is 39.4 Å². The Morgan fingerprint density at radius 3 is 1.70 bits per heavy atom. The second-order valence-corrected chi connectivity index (χ2v) is 7.97. The summed E-state index contributed by atoms with van der Waals surface area (Å²) in [6.07, 6.45) is 1.95. The van der Waals surface area contributed by atoms with E-state index in [1.165, 1.54) is 44.1 Å². The lowest BCUT2D eigenvalue weighted by molar-refractivity contribution is 0.485. The first-order chi connectivity index (χ1) is 12.6. The summed E-state index contributed by atoms with van der Waals surface area (Å²) in [4.78, 5) is 0. The van der Waals surface area contributed by atoms with Gasteiger partial charge in [-0.3, -0.25) is 0 Å². The quantitative estimate of drug-likeness (QED) is 0.459. The highest BCUT2D eigenvalue weighted by Crippen LogP contribution is 2.27. The molecule has 1 N–H and O–H groups in total. The Bertz CT molecular complexity index is 1120. The van der Waals surface area contributed by atoms with Gasteiger partial charge in [0.1, 0.15) is 68.5 Å². The van der Waals surface area contributed by atoms with Crippen LogP contribution in [0.15, 0.2) is 6.58 Å². The van der Waals surface area contributed by atoms with Gasteiger partial charge in [0.2, 0.25) is 0 Å². The summed E-state index contributed by atoms with van der Waals surface area (Å²) in [7, 11) is 17.2. The van der Waals surface area contributed by atoms with Crippen molar-refractivity contribution in [3.63, 3.8) is 0 Å². The minimum atomic E-state index is 0.403. The molecular weight excluding hydrogens is 321 g/mol. The highest BCUT2D eigenvalue weighted by atomic mass is 16.3. The Kier molecular flexibility index (Phi) is 4.82. The van der Waals surface area contributed by atoms with Crippen LogP contribution in [0.25, 0.3) is 22.7 Å². The first-order valence-corrected chi connectivity index (χ1v) is 9.59. The van der Waals surface area contributed by atoms with Gasteiger partial charge in [-0.25, -0.2) is 0 Å². The molecule has 0 saturated carbocycles. The predicted molar refractivity (Wildman–Crippen MR) is 145 cm³/mol. The van der Waals surface area contributed by atoms with Gasteiger partial charge in [0.15, 0.2) is 0 Å². The molecular formula is C17H23B8NO. The molecule has 0 spiro atoms. The normalized spacial score (nSPS) is 11.1. The molecule has 0 aliphatic rings. The van der Waals surface area contributed by atoms with Crippen LogP contribution in [0.2, 0.25) is 0 Å². The SMILES string of the molecule is Bc1c(B)c(B)c(-n2c(C=C)c(C)c3c(B)c(O)c(B)c(B)c32)c(B)c1B. The van der Waals surface area contributed by atoms with Crippen molar-refractivity contribution in [1.82, 2.24) is 4.57 Å². The van der Waals surface area contributed by atoms with E-state index in [1.807, 2.05) is 21.8 Å². The van der Waals surface area contributed by atoms with Gasteiger partial charge in [-0.2, -0.15) is 0 Å². The van der Waals surface area contributed by atoms with Crippen LogP contribution in [0.3, 0.4) is 0 Å². The topological polar surface area (TPSA) is 25.2 Å². The smallest absolute Gasteiger partial charge is 0.145 e. The highest BCUT2D eigenvalue weighted by Gasteiger charge is 2.23. The standard InChI is InChI=1S/C17H23B8NO/c1-3-5-4(2)6-7(18)17(27)14(25)13(24)15(6)26(5)16-11(22)9(20)8(19)10(21)12(16)23/h3,27H,1,18-25H2,2H3. The number of rotatable bonds is 2. The molecule has 0 aliphatic heterocycles. The molecule has 0 saturated heterocycles. The Morgan fingerprint density at radius 1 is 0.741 bits per heavy atom. The van der Waals surface area contributed by atoms with Crippen molar-refractivity contribution < 1.29 is 5.11 Å². The van der Waals surface area contributed by atoms with Gasteiger partial charge in [-0.05, 0) is 24.0 Å². The zero-order valence-electron chi connectivity index (χ0n) is 18.2. The molecule has 0 fully saturated rings. The van der Waals surface area contributed by atoms with Crippen molar-refractivity contribution in [3.05, 3.63) is 17.8 Å². The highest BCUT2D eigenvalue weighted by molar-refractivity contribution is 6.68. The summed E-state index contributed by atoms with van der Waals surface area (Å²) in [6.45, 7) is 6.25. The first kappa shape index (κ1) is 19.8. The molecule has 3 rings (SSSR count). The van der Waals surface area contributed by atoms with Crippen LogP contribution >= 0.6 is 0 Å². The van der Waals surface area contributed by atoms with Crippen LogP contribution in [0.1, 0.15) is 11.3 Å². The number of aryl methyl sites for hydroxylation is 1. The Morgan fingerprint density at radius 2 is 1.22 bits per heavy atom. The van der Waals surface area contributed by atoms with E-state index in [4.69, 9.17) is 0 Å². The van der Waals surface area contributed by atoms with Crippen LogP contribution in [0, 0.1) is 6.92 Å². The lowest BCUT2D eigenvalue weighted by atomic mass is 9.61. The largest absolute Gasteiger partial charge is 0.509 e. The molecule has 27 heavy (non-hydrogen) atoms.